The SMILES string of the molecule is Br.CCC1(c2ccccc2)C(=O)N(C)C(=O)N(CNC(N)=S)C1=O. The van der Waals surface area contributed by atoms with Gasteiger partial charge in [0.1, 0.15) is 6.67 Å². The van der Waals surface area contributed by atoms with Crippen molar-refractivity contribution in [1.29, 1.82) is 0 Å². The predicted molar refractivity (Wildman–Crippen MR) is 98.5 cm³/mol. The Morgan fingerprint density at radius 1 is 1.21 bits per heavy atom. The zero-order valence-corrected chi connectivity index (χ0v) is 15.8. The molecule has 0 radical (unpaired) electrons. The maximum atomic E-state index is 13.0. The van der Waals surface area contributed by atoms with E-state index in [-0.39, 0.29) is 35.2 Å². The third-order valence-corrected chi connectivity index (χ3v) is 4.15. The molecule has 2 rings (SSSR count). The Kier molecular flexibility index (Phi) is 6.44. The molecular formula is C15H19BrN4O3S. The van der Waals surface area contributed by atoms with E-state index in [1.165, 1.54) is 7.05 Å². The summed E-state index contributed by atoms with van der Waals surface area (Å²) in [6.45, 7) is 1.56. The second kappa shape index (κ2) is 7.71. The van der Waals surface area contributed by atoms with Crippen LogP contribution in [0.1, 0.15) is 18.9 Å². The molecule has 1 aliphatic rings. The lowest BCUT2D eigenvalue weighted by Gasteiger charge is -2.42. The Bertz CT molecular complexity index is 670. The number of hydrogen-bond donors (Lipinski definition) is 2. The number of urea groups is 1. The van der Waals surface area contributed by atoms with Crippen LogP contribution in [0.2, 0.25) is 0 Å². The standard InChI is InChI=1S/C15H18N4O3S.BrH/c1-3-15(10-7-5-4-6-8-10)11(20)18(2)14(22)19(12(15)21)9-17-13(16)23;/h4-8H,3,9H2,1-2H3,(H3,16,17,23);1H. The van der Waals surface area contributed by atoms with Crippen LogP contribution in [0.4, 0.5) is 4.79 Å². The average molecular weight is 415 g/mol. The number of carbonyl (C=O) groups is 3. The number of hydrogen-bond acceptors (Lipinski definition) is 4. The van der Waals surface area contributed by atoms with Crippen molar-refractivity contribution in [1.82, 2.24) is 15.1 Å². The van der Waals surface area contributed by atoms with Crippen LogP contribution in [-0.2, 0) is 15.0 Å². The lowest BCUT2D eigenvalue weighted by molar-refractivity contribution is -0.151. The van der Waals surface area contributed by atoms with E-state index in [1.807, 2.05) is 0 Å². The van der Waals surface area contributed by atoms with Crippen molar-refractivity contribution in [3.63, 3.8) is 0 Å². The van der Waals surface area contributed by atoms with Gasteiger partial charge in [0.15, 0.2) is 10.5 Å². The molecule has 4 amide bonds. The van der Waals surface area contributed by atoms with E-state index >= 15 is 0 Å². The Morgan fingerprint density at radius 2 is 1.79 bits per heavy atom. The zero-order valence-electron chi connectivity index (χ0n) is 13.3. The van der Waals surface area contributed by atoms with Crippen molar-refractivity contribution in [2.24, 2.45) is 5.73 Å². The van der Waals surface area contributed by atoms with Gasteiger partial charge < -0.3 is 11.1 Å². The van der Waals surface area contributed by atoms with Crippen LogP contribution in [0.15, 0.2) is 30.3 Å². The van der Waals surface area contributed by atoms with E-state index in [0.717, 1.165) is 9.80 Å². The molecule has 1 saturated heterocycles. The first-order valence-electron chi connectivity index (χ1n) is 7.09. The van der Waals surface area contributed by atoms with Gasteiger partial charge in [-0.2, -0.15) is 0 Å². The van der Waals surface area contributed by atoms with Crippen molar-refractivity contribution in [3.05, 3.63) is 35.9 Å². The van der Waals surface area contributed by atoms with E-state index < -0.39 is 23.3 Å². The number of nitrogens with two attached hydrogens (primary N) is 1. The minimum atomic E-state index is -1.43. The molecule has 0 spiro atoms. The lowest BCUT2D eigenvalue weighted by atomic mass is 9.74. The van der Waals surface area contributed by atoms with Gasteiger partial charge in [-0.25, -0.2) is 9.69 Å². The smallest absolute Gasteiger partial charge is 0.334 e. The highest BCUT2D eigenvalue weighted by Crippen LogP contribution is 2.35. The largest absolute Gasteiger partial charge is 0.376 e. The summed E-state index contributed by atoms with van der Waals surface area (Å²) in [5.41, 5.74) is 4.49. The number of thiocarbonyl (C=S) groups is 1. The molecule has 130 valence electrons. The summed E-state index contributed by atoms with van der Waals surface area (Å²) in [5.74, 6) is -1.11. The van der Waals surface area contributed by atoms with Crippen LogP contribution in [0.25, 0.3) is 0 Å². The molecule has 7 nitrogen and oxygen atoms in total. The fourth-order valence-electron chi connectivity index (χ4n) is 2.74. The molecule has 0 aliphatic carbocycles. The molecular weight excluding hydrogens is 396 g/mol. The van der Waals surface area contributed by atoms with E-state index in [9.17, 15) is 14.4 Å². The molecule has 1 aliphatic heterocycles. The van der Waals surface area contributed by atoms with Gasteiger partial charge in [0.25, 0.3) is 11.8 Å². The number of halogens is 1. The first kappa shape index (κ1) is 20.0. The molecule has 1 unspecified atom stereocenters. The maximum absolute atomic E-state index is 13.0. The van der Waals surface area contributed by atoms with Crippen LogP contribution in [0.5, 0.6) is 0 Å². The van der Waals surface area contributed by atoms with Gasteiger partial charge in [-0.05, 0) is 24.2 Å². The van der Waals surface area contributed by atoms with Crippen LogP contribution in [0.3, 0.4) is 0 Å². The number of carbonyl (C=O) groups excluding carboxylic acids is 3. The van der Waals surface area contributed by atoms with Gasteiger partial charge in [-0.3, -0.25) is 14.5 Å². The highest BCUT2D eigenvalue weighted by Gasteiger charge is 2.56. The fraction of sp³-hybridized carbons (Fsp3) is 0.333. The highest BCUT2D eigenvalue weighted by molar-refractivity contribution is 8.93. The van der Waals surface area contributed by atoms with Crippen molar-refractivity contribution in [3.8, 4) is 0 Å². The Labute approximate surface area is 155 Å². The first-order valence-corrected chi connectivity index (χ1v) is 7.50. The summed E-state index contributed by atoms with van der Waals surface area (Å²) in [4.78, 5) is 40.0. The number of amides is 4. The summed E-state index contributed by atoms with van der Waals surface area (Å²) in [6, 6.07) is 8.02. The van der Waals surface area contributed by atoms with Gasteiger partial charge in [0.05, 0.1) is 0 Å². The maximum Gasteiger partial charge on any atom is 0.334 e. The normalized spacial score (nSPS) is 20.7. The lowest BCUT2D eigenvalue weighted by Crippen LogP contribution is -2.67. The van der Waals surface area contributed by atoms with Gasteiger partial charge in [0, 0.05) is 7.05 Å². The number of rotatable bonds is 4. The summed E-state index contributed by atoms with van der Waals surface area (Å²) in [5, 5.41) is 2.55. The molecule has 1 heterocycles. The third kappa shape index (κ3) is 3.13. The molecule has 0 saturated carbocycles. The van der Waals surface area contributed by atoms with E-state index in [0.29, 0.717) is 5.56 Å². The summed E-state index contributed by atoms with van der Waals surface area (Å²) in [7, 11) is 1.36. The van der Waals surface area contributed by atoms with Crippen LogP contribution in [0, 0.1) is 0 Å². The van der Waals surface area contributed by atoms with Crippen LogP contribution >= 0.6 is 29.2 Å². The van der Waals surface area contributed by atoms with Crippen LogP contribution < -0.4 is 11.1 Å². The topological polar surface area (TPSA) is 95.7 Å². The number of benzene rings is 1. The zero-order chi connectivity index (χ0) is 17.2. The molecule has 3 N–H and O–H groups in total. The Morgan fingerprint density at radius 3 is 2.29 bits per heavy atom. The van der Waals surface area contributed by atoms with E-state index in [4.69, 9.17) is 18.0 Å². The van der Waals surface area contributed by atoms with Crippen molar-refractivity contribution in [2.75, 3.05) is 13.7 Å². The highest BCUT2D eigenvalue weighted by atomic mass is 79.9. The summed E-state index contributed by atoms with van der Waals surface area (Å²) >= 11 is 4.71. The molecule has 9 heteroatoms. The number of likely N-dealkylation sites (N-methyl/N-ethyl adjacent to an activating group) is 1. The molecule has 1 fully saturated rings. The average Bonchev–Trinajstić information content (AvgIpc) is 2.54. The Balaban J connectivity index is 0.00000288. The quantitative estimate of drug-likeness (QED) is 0.566. The molecule has 0 aromatic heterocycles. The summed E-state index contributed by atoms with van der Waals surface area (Å²) < 4.78 is 0. The Hall–Kier alpha value is -2.00. The van der Waals surface area contributed by atoms with Gasteiger partial charge in [-0.15, -0.1) is 17.0 Å². The van der Waals surface area contributed by atoms with Gasteiger partial charge in [0.2, 0.25) is 0 Å². The first-order chi connectivity index (χ1) is 10.9. The van der Waals surface area contributed by atoms with Gasteiger partial charge >= 0.3 is 6.03 Å². The summed E-state index contributed by atoms with van der Waals surface area (Å²) in [6.07, 6.45) is 0.232. The van der Waals surface area contributed by atoms with Crippen molar-refractivity contribution in [2.45, 2.75) is 18.8 Å². The molecule has 1 aromatic carbocycles. The number of imide groups is 2. The minimum absolute atomic E-state index is 0. The van der Waals surface area contributed by atoms with Gasteiger partial charge in [-0.1, -0.05) is 37.3 Å². The monoisotopic (exact) mass is 414 g/mol. The minimum Gasteiger partial charge on any atom is -0.376 e. The second-order valence-electron chi connectivity index (χ2n) is 5.20. The van der Waals surface area contributed by atoms with Crippen LogP contribution in [-0.4, -0.2) is 46.5 Å². The number of nitrogens with one attached hydrogen (secondary N) is 1. The van der Waals surface area contributed by atoms with E-state index in [1.54, 1.807) is 37.3 Å². The van der Waals surface area contributed by atoms with Crippen molar-refractivity contribution >= 4 is 52.2 Å². The molecule has 24 heavy (non-hydrogen) atoms. The fourth-order valence-corrected chi connectivity index (χ4v) is 2.80. The predicted octanol–water partition coefficient (Wildman–Crippen LogP) is 1.12. The van der Waals surface area contributed by atoms with E-state index in [2.05, 4.69) is 5.32 Å². The number of nitrogens with zero attached hydrogens (tertiary/aromatic N) is 2. The number of barbiturate groups is 1. The molecule has 1 aromatic rings. The molecule has 0 bridgehead atoms. The van der Waals surface area contributed by atoms with Crippen molar-refractivity contribution < 1.29 is 14.4 Å². The second-order valence-corrected chi connectivity index (χ2v) is 5.64. The third-order valence-electron chi connectivity index (χ3n) is 4.01. The molecule has 1 atom stereocenters.